The van der Waals surface area contributed by atoms with E-state index in [-0.39, 0.29) is 11.2 Å². The van der Waals surface area contributed by atoms with Crippen LogP contribution < -0.4 is 5.32 Å². The molecule has 6 nitrogen and oxygen atoms in total. The van der Waals surface area contributed by atoms with Gasteiger partial charge in [-0.05, 0) is 45.2 Å². The van der Waals surface area contributed by atoms with E-state index in [1.807, 2.05) is 48.9 Å². The molecule has 7 heteroatoms. The fourth-order valence-electron chi connectivity index (χ4n) is 2.60. The molecule has 1 aromatic carbocycles. The monoisotopic (exact) mass is 374 g/mol. The number of hydrogen-bond donors (Lipinski definition) is 1. The lowest BCUT2D eigenvalue weighted by Gasteiger charge is -2.10. The Morgan fingerprint density at radius 2 is 2.15 bits per heavy atom. The van der Waals surface area contributed by atoms with Gasteiger partial charge in [-0.3, -0.25) is 4.79 Å². The molecule has 26 heavy (non-hydrogen) atoms. The molecule has 1 unspecified atom stereocenters. The predicted octanol–water partition coefficient (Wildman–Crippen LogP) is 3.17. The van der Waals surface area contributed by atoms with Gasteiger partial charge >= 0.3 is 0 Å². The first-order valence-electron chi connectivity index (χ1n) is 9.23. The number of nitrogens with zero attached hydrogens (tertiary/aromatic N) is 3. The Labute approximate surface area is 158 Å². The van der Waals surface area contributed by atoms with Crippen molar-refractivity contribution in [3.05, 3.63) is 36.2 Å². The molecule has 0 bridgehead atoms. The van der Waals surface area contributed by atoms with Crippen LogP contribution in [-0.4, -0.2) is 45.7 Å². The standard InChI is InChI=1S/C19H26N4O2S/c1-3-25-13-7-12-20-18(24)14(2)26-19-21-17(15-10-11-15)23(22-19)16-8-5-4-6-9-16/h4-6,8-9,14-15H,3,7,10-13H2,1-2H3,(H,20,24). The normalized spacial score (nSPS) is 15.0. The first-order valence-corrected chi connectivity index (χ1v) is 10.1. The minimum Gasteiger partial charge on any atom is -0.382 e. The lowest BCUT2D eigenvalue weighted by molar-refractivity contribution is -0.120. The molecule has 1 amide bonds. The lowest BCUT2D eigenvalue weighted by Crippen LogP contribution is -2.32. The van der Waals surface area contributed by atoms with Crippen LogP contribution in [0.15, 0.2) is 35.5 Å². The van der Waals surface area contributed by atoms with Gasteiger partial charge in [-0.15, -0.1) is 5.10 Å². The number of nitrogens with one attached hydrogen (secondary N) is 1. The topological polar surface area (TPSA) is 69.0 Å². The van der Waals surface area contributed by atoms with Gasteiger partial charge in [0.05, 0.1) is 10.9 Å². The number of ether oxygens (including phenoxy) is 1. The van der Waals surface area contributed by atoms with Crippen LogP contribution in [0.4, 0.5) is 0 Å². The number of para-hydroxylation sites is 1. The van der Waals surface area contributed by atoms with Crippen molar-refractivity contribution >= 4 is 17.7 Å². The summed E-state index contributed by atoms with van der Waals surface area (Å²) in [6.07, 6.45) is 3.14. The summed E-state index contributed by atoms with van der Waals surface area (Å²) in [5.74, 6) is 1.50. The highest BCUT2D eigenvalue weighted by Crippen LogP contribution is 2.40. The molecule has 1 N–H and O–H groups in total. The third kappa shape index (κ3) is 5.08. The van der Waals surface area contributed by atoms with Crippen LogP contribution >= 0.6 is 11.8 Å². The fourth-order valence-corrected chi connectivity index (χ4v) is 3.39. The molecule has 2 aromatic rings. The number of rotatable bonds is 10. The molecule has 1 fully saturated rings. The third-order valence-corrected chi connectivity index (χ3v) is 5.13. The van der Waals surface area contributed by atoms with E-state index in [1.165, 1.54) is 11.8 Å². The smallest absolute Gasteiger partial charge is 0.233 e. The second-order valence-electron chi connectivity index (χ2n) is 6.38. The van der Waals surface area contributed by atoms with Gasteiger partial charge in [-0.25, -0.2) is 9.67 Å². The summed E-state index contributed by atoms with van der Waals surface area (Å²) < 4.78 is 7.20. The molecule has 140 valence electrons. The fraction of sp³-hybridized carbons (Fsp3) is 0.526. The Bertz CT molecular complexity index is 716. The van der Waals surface area contributed by atoms with Crippen molar-refractivity contribution in [3.8, 4) is 5.69 Å². The molecule has 1 saturated carbocycles. The van der Waals surface area contributed by atoms with E-state index in [9.17, 15) is 4.79 Å². The van der Waals surface area contributed by atoms with Gasteiger partial charge in [0.15, 0.2) is 0 Å². The second-order valence-corrected chi connectivity index (χ2v) is 7.68. The summed E-state index contributed by atoms with van der Waals surface area (Å²) in [5, 5.41) is 8.03. The van der Waals surface area contributed by atoms with Crippen molar-refractivity contribution in [1.29, 1.82) is 0 Å². The molecule has 3 rings (SSSR count). The Hall–Kier alpha value is -1.86. The van der Waals surface area contributed by atoms with Gasteiger partial charge in [0.1, 0.15) is 5.82 Å². The van der Waals surface area contributed by atoms with E-state index in [1.54, 1.807) is 0 Å². The number of carbonyl (C=O) groups excluding carboxylic acids is 1. The Balaban J connectivity index is 1.60. The van der Waals surface area contributed by atoms with Crippen LogP contribution in [0.2, 0.25) is 0 Å². The van der Waals surface area contributed by atoms with Gasteiger partial charge in [-0.1, -0.05) is 30.0 Å². The molecule has 0 spiro atoms. The average molecular weight is 375 g/mol. The highest BCUT2D eigenvalue weighted by Gasteiger charge is 2.31. The largest absolute Gasteiger partial charge is 0.382 e. The second kappa shape index (κ2) is 9.19. The SMILES string of the molecule is CCOCCCNC(=O)C(C)Sc1nc(C2CC2)n(-c2ccccc2)n1. The van der Waals surface area contributed by atoms with Gasteiger partial charge in [0.25, 0.3) is 0 Å². The van der Waals surface area contributed by atoms with E-state index >= 15 is 0 Å². The van der Waals surface area contributed by atoms with E-state index in [2.05, 4.69) is 10.4 Å². The summed E-state index contributed by atoms with van der Waals surface area (Å²) in [4.78, 5) is 17.0. The van der Waals surface area contributed by atoms with Crippen molar-refractivity contribution < 1.29 is 9.53 Å². The molecule has 1 aromatic heterocycles. The van der Waals surface area contributed by atoms with Crippen molar-refractivity contribution in [1.82, 2.24) is 20.1 Å². The molecule has 0 aliphatic heterocycles. The third-order valence-electron chi connectivity index (χ3n) is 4.18. The molecule has 0 radical (unpaired) electrons. The summed E-state index contributed by atoms with van der Waals surface area (Å²) in [6, 6.07) is 10.1. The van der Waals surface area contributed by atoms with Crippen molar-refractivity contribution in [3.63, 3.8) is 0 Å². The quantitative estimate of drug-likeness (QED) is 0.511. The first-order chi connectivity index (χ1) is 12.7. The molecule has 0 saturated heterocycles. The molecular formula is C19H26N4O2S. The molecule has 1 aliphatic rings. The van der Waals surface area contributed by atoms with Crippen LogP contribution in [0.25, 0.3) is 5.69 Å². The summed E-state index contributed by atoms with van der Waals surface area (Å²) >= 11 is 1.41. The van der Waals surface area contributed by atoms with E-state index < -0.39 is 0 Å². The molecule has 1 heterocycles. The Morgan fingerprint density at radius 1 is 1.38 bits per heavy atom. The minimum atomic E-state index is -0.235. The first kappa shape index (κ1) is 18.9. The number of aromatic nitrogens is 3. The minimum absolute atomic E-state index is 0.00975. The lowest BCUT2D eigenvalue weighted by atomic mass is 10.3. The average Bonchev–Trinajstić information content (AvgIpc) is 3.42. The predicted molar refractivity (Wildman–Crippen MR) is 103 cm³/mol. The number of carbonyl (C=O) groups is 1. The Kier molecular flexibility index (Phi) is 6.68. The summed E-state index contributed by atoms with van der Waals surface area (Å²) in [5.41, 5.74) is 1.02. The van der Waals surface area contributed by atoms with Gasteiger partial charge in [0.2, 0.25) is 11.1 Å². The number of thioether (sulfide) groups is 1. The zero-order chi connectivity index (χ0) is 18.4. The summed E-state index contributed by atoms with van der Waals surface area (Å²) in [7, 11) is 0. The highest BCUT2D eigenvalue weighted by atomic mass is 32.2. The van der Waals surface area contributed by atoms with Crippen LogP contribution in [0.1, 0.15) is 44.9 Å². The highest BCUT2D eigenvalue weighted by molar-refractivity contribution is 8.00. The van der Waals surface area contributed by atoms with Gasteiger partial charge in [0, 0.05) is 25.7 Å². The molecule has 1 aliphatic carbocycles. The van der Waals surface area contributed by atoms with Crippen LogP contribution in [0, 0.1) is 0 Å². The number of amides is 1. The van der Waals surface area contributed by atoms with Crippen LogP contribution in [0.5, 0.6) is 0 Å². The van der Waals surface area contributed by atoms with Crippen molar-refractivity contribution in [2.45, 2.75) is 49.4 Å². The maximum atomic E-state index is 12.3. The van der Waals surface area contributed by atoms with Crippen LogP contribution in [-0.2, 0) is 9.53 Å². The van der Waals surface area contributed by atoms with Gasteiger partial charge in [-0.2, -0.15) is 0 Å². The van der Waals surface area contributed by atoms with Crippen LogP contribution in [0.3, 0.4) is 0 Å². The van der Waals surface area contributed by atoms with E-state index in [0.717, 1.165) is 30.8 Å². The molecule has 1 atom stereocenters. The maximum absolute atomic E-state index is 12.3. The van der Waals surface area contributed by atoms with Crippen molar-refractivity contribution in [2.75, 3.05) is 19.8 Å². The zero-order valence-corrected chi connectivity index (χ0v) is 16.2. The zero-order valence-electron chi connectivity index (χ0n) is 15.4. The van der Waals surface area contributed by atoms with E-state index in [0.29, 0.717) is 30.8 Å². The van der Waals surface area contributed by atoms with E-state index in [4.69, 9.17) is 9.72 Å². The molecular weight excluding hydrogens is 348 g/mol. The number of hydrogen-bond acceptors (Lipinski definition) is 5. The van der Waals surface area contributed by atoms with Crippen molar-refractivity contribution in [2.24, 2.45) is 0 Å². The summed E-state index contributed by atoms with van der Waals surface area (Å²) in [6.45, 7) is 5.87. The number of benzene rings is 1. The van der Waals surface area contributed by atoms with Gasteiger partial charge < -0.3 is 10.1 Å². The Morgan fingerprint density at radius 3 is 2.85 bits per heavy atom. The maximum Gasteiger partial charge on any atom is 0.233 e.